The van der Waals surface area contributed by atoms with Gasteiger partial charge in [-0.1, -0.05) is 18.2 Å². The first-order valence-corrected chi connectivity index (χ1v) is 7.30. The van der Waals surface area contributed by atoms with Gasteiger partial charge < -0.3 is 15.1 Å². The van der Waals surface area contributed by atoms with Crippen LogP contribution >= 0.6 is 0 Å². The highest BCUT2D eigenvalue weighted by molar-refractivity contribution is 6.00. The van der Waals surface area contributed by atoms with E-state index in [2.05, 4.69) is 49.2 Å². The molecular weight excluding hydrogens is 290 g/mol. The monoisotopic (exact) mass is 309 g/mol. The fraction of sp³-hybridized carbons (Fsp3) is 0.250. The van der Waals surface area contributed by atoms with E-state index in [1.54, 1.807) is 13.2 Å². The van der Waals surface area contributed by atoms with E-state index in [4.69, 9.17) is 0 Å². The lowest BCUT2D eigenvalue weighted by Crippen LogP contribution is -2.28. The molecule has 0 aliphatic carbocycles. The van der Waals surface area contributed by atoms with Crippen LogP contribution in [0.1, 0.15) is 12.5 Å². The summed E-state index contributed by atoms with van der Waals surface area (Å²) in [7, 11) is 3.81. The van der Waals surface area contributed by atoms with Gasteiger partial charge >= 0.3 is 0 Å². The highest BCUT2D eigenvalue weighted by atomic mass is 15.3. The average molecular weight is 309 g/mol. The van der Waals surface area contributed by atoms with Crippen LogP contribution < -0.4 is 15.1 Å². The molecule has 1 N–H and O–H groups in total. The average Bonchev–Trinajstić information content (AvgIpc) is 2.70. The summed E-state index contributed by atoms with van der Waals surface area (Å²) in [6.07, 6.45) is 1.80. The van der Waals surface area contributed by atoms with E-state index < -0.39 is 0 Å². The number of aromatic nitrogens is 2. The number of amidine groups is 1. The summed E-state index contributed by atoms with van der Waals surface area (Å²) < 4.78 is 0. The zero-order valence-corrected chi connectivity index (χ0v) is 13.5. The zero-order chi connectivity index (χ0) is 16.4. The fourth-order valence-electron chi connectivity index (χ4n) is 2.71. The minimum Gasteiger partial charge on any atom is -0.357 e. The standard InChI is InChI=1S/C16H19N7/c1-11(21-18-3)23-10-12-7-5-6-8-13(12)22(4)15-14(23)9-19-16(17-2)20-15/h5-9H,3,10H2,1-2,4H3,(H,17,19,20)/b21-11-. The van der Waals surface area contributed by atoms with Crippen LogP contribution in [0.25, 0.3) is 0 Å². The molecular formula is C16H19N7. The maximum absolute atomic E-state index is 4.63. The molecule has 0 saturated carbocycles. The smallest absolute Gasteiger partial charge is 0.224 e. The molecule has 0 amide bonds. The lowest BCUT2D eigenvalue weighted by molar-refractivity contribution is 0.987. The number of fused-ring (bicyclic) bond motifs is 2. The first-order valence-electron chi connectivity index (χ1n) is 7.30. The molecule has 23 heavy (non-hydrogen) atoms. The number of nitrogens with zero attached hydrogens (tertiary/aromatic N) is 6. The Bertz CT molecular complexity index is 769. The molecule has 0 spiro atoms. The summed E-state index contributed by atoms with van der Waals surface area (Å²) in [6, 6.07) is 8.24. The van der Waals surface area contributed by atoms with Crippen molar-refractivity contribution in [2.75, 3.05) is 29.2 Å². The second-order valence-corrected chi connectivity index (χ2v) is 5.21. The lowest BCUT2D eigenvalue weighted by Gasteiger charge is -2.24. The summed E-state index contributed by atoms with van der Waals surface area (Å²) in [5, 5.41) is 10.7. The maximum atomic E-state index is 4.63. The highest BCUT2D eigenvalue weighted by Gasteiger charge is 2.26. The quantitative estimate of drug-likeness (QED) is 0.525. The van der Waals surface area contributed by atoms with Crippen molar-refractivity contribution in [2.45, 2.75) is 13.5 Å². The van der Waals surface area contributed by atoms with E-state index in [9.17, 15) is 0 Å². The first-order chi connectivity index (χ1) is 11.2. The normalized spacial score (nSPS) is 14.0. The van der Waals surface area contributed by atoms with Crippen LogP contribution in [0.2, 0.25) is 0 Å². The number of hydrogen-bond acceptors (Lipinski definition) is 6. The van der Waals surface area contributed by atoms with Crippen LogP contribution in [0.3, 0.4) is 0 Å². The van der Waals surface area contributed by atoms with Crippen molar-refractivity contribution >= 4 is 35.7 Å². The largest absolute Gasteiger partial charge is 0.357 e. The van der Waals surface area contributed by atoms with Gasteiger partial charge in [-0.2, -0.15) is 10.1 Å². The van der Waals surface area contributed by atoms with E-state index >= 15 is 0 Å². The van der Waals surface area contributed by atoms with Crippen LogP contribution in [0.15, 0.2) is 40.7 Å². The molecule has 7 heteroatoms. The molecule has 1 aliphatic heterocycles. The Balaban J connectivity index is 2.23. The Labute approximate surface area is 135 Å². The third-order valence-corrected chi connectivity index (χ3v) is 3.87. The number of para-hydroxylation sites is 1. The summed E-state index contributed by atoms with van der Waals surface area (Å²) >= 11 is 0. The fourth-order valence-corrected chi connectivity index (χ4v) is 2.71. The van der Waals surface area contributed by atoms with Crippen LogP contribution in [-0.2, 0) is 6.54 Å². The van der Waals surface area contributed by atoms with Crippen LogP contribution in [0, 0.1) is 0 Å². The van der Waals surface area contributed by atoms with Crippen LogP contribution in [0.5, 0.6) is 0 Å². The van der Waals surface area contributed by atoms with E-state index in [0.717, 1.165) is 23.0 Å². The molecule has 0 radical (unpaired) electrons. The zero-order valence-electron chi connectivity index (χ0n) is 13.5. The van der Waals surface area contributed by atoms with E-state index in [1.165, 1.54) is 5.56 Å². The molecule has 1 aromatic heterocycles. The molecule has 0 atom stereocenters. The van der Waals surface area contributed by atoms with Crippen molar-refractivity contribution in [3.63, 3.8) is 0 Å². The molecule has 2 aromatic rings. The van der Waals surface area contributed by atoms with Gasteiger partial charge in [0.05, 0.1) is 12.7 Å². The minimum absolute atomic E-state index is 0.575. The van der Waals surface area contributed by atoms with E-state index in [0.29, 0.717) is 12.5 Å². The van der Waals surface area contributed by atoms with Gasteiger partial charge in [0.25, 0.3) is 0 Å². The molecule has 0 bridgehead atoms. The Kier molecular flexibility index (Phi) is 3.92. The second kappa shape index (κ2) is 6.04. The van der Waals surface area contributed by atoms with Crippen LogP contribution in [0.4, 0.5) is 23.1 Å². The number of hydrogen-bond donors (Lipinski definition) is 1. The predicted molar refractivity (Wildman–Crippen MR) is 94.9 cm³/mol. The molecule has 7 nitrogen and oxygen atoms in total. The number of benzene rings is 1. The summed E-state index contributed by atoms with van der Waals surface area (Å²) in [5.74, 6) is 2.13. The first kappa shape index (κ1) is 15.0. The SMILES string of the molecule is C=N/N=C(/C)N1Cc2ccccc2N(C)c2nc(NC)ncc21. The third-order valence-electron chi connectivity index (χ3n) is 3.87. The number of rotatable bonds is 2. The van der Waals surface area contributed by atoms with Crippen molar-refractivity contribution in [2.24, 2.45) is 10.2 Å². The van der Waals surface area contributed by atoms with Gasteiger partial charge in [0.1, 0.15) is 11.5 Å². The van der Waals surface area contributed by atoms with Gasteiger partial charge in [0, 0.05) is 26.5 Å². The van der Waals surface area contributed by atoms with Crippen LogP contribution in [-0.4, -0.2) is 36.6 Å². The van der Waals surface area contributed by atoms with Crippen molar-refractivity contribution in [3.8, 4) is 0 Å². The van der Waals surface area contributed by atoms with Crippen molar-refractivity contribution in [1.82, 2.24) is 9.97 Å². The molecule has 3 rings (SSSR count). The molecule has 0 unspecified atom stereocenters. The Morgan fingerprint density at radius 2 is 2.09 bits per heavy atom. The summed E-state index contributed by atoms with van der Waals surface area (Å²) in [5.41, 5.74) is 3.17. The number of anilines is 4. The van der Waals surface area contributed by atoms with E-state index in [-0.39, 0.29) is 0 Å². The Hall–Kier alpha value is -2.96. The summed E-state index contributed by atoms with van der Waals surface area (Å²) in [4.78, 5) is 13.1. The van der Waals surface area contributed by atoms with Gasteiger partial charge in [-0.25, -0.2) is 4.98 Å². The van der Waals surface area contributed by atoms with Crippen molar-refractivity contribution < 1.29 is 0 Å². The van der Waals surface area contributed by atoms with E-state index in [1.807, 2.05) is 31.0 Å². The molecule has 1 aliphatic rings. The summed E-state index contributed by atoms with van der Waals surface area (Å²) in [6.45, 7) is 6.01. The van der Waals surface area contributed by atoms with Gasteiger partial charge in [0.15, 0.2) is 5.82 Å². The molecule has 2 heterocycles. The van der Waals surface area contributed by atoms with Crippen molar-refractivity contribution in [1.29, 1.82) is 0 Å². The van der Waals surface area contributed by atoms with Gasteiger partial charge in [-0.3, -0.25) is 0 Å². The van der Waals surface area contributed by atoms with Crippen molar-refractivity contribution in [3.05, 3.63) is 36.0 Å². The Morgan fingerprint density at radius 1 is 1.30 bits per heavy atom. The van der Waals surface area contributed by atoms with Gasteiger partial charge in [-0.05, 0) is 18.6 Å². The molecule has 0 fully saturated rings. The van der Waals surface area contributed by atoms with Gasteiger partial charge in [0.2, 0.25) is 5.95 Å². The lowest BCUT2D eigenvalue weighted by atomic mass is 10.1. The minimum atomic E-state index is 0.575. The third kappa shape index (κ3) is 2.61. The molecule has 0 saturated heterocycles. The predicted octanol–water partition coefficient (Wildman–Crippen LogP) is 2.64. The Morgan fingerprint density at radius 3 is 2.83 bits per heavy atom. The molecule has 1 aromatic carbocycles. The topological polar surface area (TPSA) is 69.0 Å². The molecule has 118 valence electrons. The van der Waals surface area contributed by atoms with Gasteiger partial charge in [-0.15, -0.1) is 5.10 Å². The maximum Gasteiger partial charge on any atom is 0.224 e. The number of nitrogens with one attached hydrogen (secondary N) is 1. The second-order valence-electron chi connectivity index (χ2n) is 5.21. The highest BCUT2D eigenvalue weighted by Crippen LogP contribution is 2.38.